The van der Waals surface area contributed by atoms with E-state index in [0.29, 0.717) is 25.9 Å². The summed E-state index contributed by atoms with van der Waals surface area (Å²) in [4.78, 5) is 23.9. The zero-order valence-corrected chi connectivity index (χ0v) is 9.99. The van der Waals surface area contributed by atoms with E-state index in [0.717, 1.165) is 12.8 Å². The Kier molecular flexibility index (Phi) is 5.08. The number of ether oxygens (including phenoxy) is 1. The molecule has 1 saturated heterocycles. The number of carbonyl (C=O) groups is 2. The van der Waals surface area contributed by atoms with Crippen LogP contribution >= 0.6 is 0 Å². The van der Waals surface area contributed by atoms with Gasteiger partial charge in [0.2, 0.25) is 5.91 Å². The maximum atomic E-state index is 11.3. The van der Waals surface area contributed by atoms with E-state index in [-0.39, 0.29) is 18.1 Å². The Balaban J connectivity index is 2.07. The van der Waals surface area contributed by atoms with Crippen LogP contribution in [0, 0.1) is 0 Å². The van der Waals surface area contributed by atoms with E-state index in [9.17, 15) is 9.59 Å². The van der Waals surface area contributed by atoms with Crippen LogP contribution in [0.5, 0.6) is 0 Å². The van der Waals surface area contributed by atoms with Gasteiger partial charge in [-0.25, -0.2) is 4.79 Å². The Labute approximate surface area is 96.1 Å². The van der Waals surface area contributed by atoms with Crippen molar-refractivity contribution < 1.29 is 14.3 Å². The number of amides is 2. The van der Waals surface area contributed by atoms with Crippen LogP contribution < -0.4 is 5.32 Å². The molecule has 0 spiro atoms. The van der Waals surface area contributed by atoms with Gasteiger partial charge in [0, 0.05) is 26.4 Å². The summed E-state index contributed by atoms with van der Waals surface area (Å²) >= 11 is 0. The predicted molar refractivity (Wildman–Crippen MR) is 60.1 cm³/mol. The number of nitrogens with zero attached hydrogens (tertiary/aromatic N) is 1. The van der Waals surface area contributed by atoms with E-state index in [2.05, 4.69) is 12.2 Å². The fourth-order valence-electron chi connectivity index (χ4n) is 1.60. The second-order valence-corrected chi connectivity index (χ2v) is 4.13. The Morgan fingerprint density at radius 1 is 1.62 bits per heavy atom. The quantitative estimate of drug-likeness (QED) is 0.741. The van der Waals surface area contributed by atoms with Gasteiger partial charge in [0.25, 0.3) is 0 Å². The Morgan fingerprint density at radius 2 is 2.38 bits per heavy atom. The lowest BCUT2D eigenvalue weighted by molar-refractivity contribution is -0.121. The summed E-state index contributed by atoms with van der Waals surface area (Å²) in [5.74, 6) is 0.0829. The van der Waals surface area contributed by atoms with E-state index in [4.69, 9.17) is 4.74 Å². The van der Waals surface area contributed by atoms with Crippen LogP contribution in [0.2, 0.25) is 0 Å². The van der Waals surface area contributed by atoms with Gasteiger partial charge in [-0.15, -0.1) is 0 Å². The summed E-state index contributed by atoms with van der Waals surface area (Å²) in [7, 11) is 1.71. The number of cyclic esters (lactones) is 1. The lowest BCUT2D eigenvalue weighted by atomic mass is 10.2. The Hall–Kier alpha value is -1.26. The lowest BCUT2D eigenvalue weighted by Crippen LogP contribution is -2.28. The van der Waals surface area contributed by atoms with Gasteiger partial charge >= 0.3 is 6.09 Å². The smallest absolute Gasteiger partial charge is 0.409 e. The minimum Gasteiger partial charge on any atom is -0.444 e. The number of nitrogens with one attached hydrogen (secondary N) is 1. The summed E-state index contributed by atoms with van der Waals surface area (Å²) in [6.07, 6.45) is 2.87. The summed E-state index contributed by atoms with van der Waals surface area (Å²) in [6, 6.07) is 0. The molecule has 0 saturated carbocycles. The number of unbranched alkanes of at least 4 members (excludes halogenated alkanes) is 1. The van der Waals surface area contributed by atoms with E-state index in [1.807, 2.05) is 0 Å². The number of hydrogen-bond acceptors (Lipinski definition) is 3. The highest BCUT2D eigenvalue weighted by atomic mass is 16.6. The predicted octanol–water partition coefficient (Wildman–Crippen LogP) is 1.13. The normalized spacial score (nSPS) is 19.8. The maximum absolute atomic E-state index is 11.3. The monoisotopic (exact) mass is 228 g/mol. The molecule has 92 valence electrons. The molecule has 1 atom stereocenters. The van der Waals surface area contributed by atoms with Crippen LogP contribution in [-0.4, -0.2) is 43.1 Å². The highest BCUT2D eigenvalue weighted by Crippen LogP contribution is 2.11. The molecular weight excluding hydrogens is 208 g/mol. The van der Waals surface area contributed by atoms with E-state index in [1.165, 1.54) is 0 Å². The van der Waals surface area contributed by atoms with Crippen LogP contribution in [0.4, 0.5) is 4.79 Å². The topological polar surface area (TPSA) is 58.6 Å². The van der Waals surface area contributed by atoms with Gasteiger partial charge in [-0.05, 0) is 6.42 Å². The van der Waals surface area contributed by atoms with Crippen molar-refractivity contribution in [2.75, 3.05) is 20.1 Å². The largest absolute Gasteiger partial charge is 0.444 e. The van der Waals surface area contributed by atoms with Gasteiger partial charge in [-0.2, -0.15) is 0 Å². The second-order valence-electron chi connectivity index (χ2n) is 4.13. The third-order valence-corrected chi connectivity index (χ3v) is 2.60. The van der Waals surface area contributed by atoms with Gasteiger partial charge in [-0.1, -0.05) is 13.3 Å². The first-order valence-electron chi connectivity index (χ1n) is 5.82. The minimum atomic E-state index is -0.276. The van der Waals surface area contributed by atoms with Crippen molar-refractivity contribution in [2.24, 2.45) is 0 Å². The molecule has 1 heterocycles. The van der Waals surface area contributed by atoms with Crippen molar-refractivity contribution >= 4 is 12.0 Å². The Bertz CT molecular complexity index is 256. The fraction of sp³-hybridized carbons (Fsp3) is 0.818. The maximum Gasteiger partial charge on any atom is 0.409 e. The third kappa shape index (κ3) is 4.08. The summed E-state index contributed by atoms with van der Waals surface area (Å²) in [6.45, 7) is 3.25. The molecular formula is C11H20N2O3. The second kappa shape index (κ2) is 6.35. The highest BCUT2D eigenvalue weighted by molar-refractivity contribution is 5.75. The molecule has 1 aliphatic rings. The molecule has 1 fully saturated rings. The van der Waals surface area contributed by atoms with E-state index in [1.54, 1.807) is 11.9 Å². The average Bonchev–Trinajstić information content (AvgIpc) is 2.55. The molecule has 5 nitrogen and oxygen atoms in total. The van der Waals surface area contributed by atoms with Gasteiger partial charge in [0.05, 0.1) is 6.54 Å². The molecule has 1 unspecified atom stereocenters. The molecule has 0 radical (unpaired) electrons. The number of hydrogen-bond donors (Lipinski definition) is 1. The van der Waals surface area contributed by atoms with Crippen molar-refractivity contribution in [3.63, 3.8) is 0 Å². The average molecular weight is 228 g/mol. The Morgan fingerprint density at radius 3 is 2.94 bits per heavy atom. The van der Waals surface area contributed by atoms with Crippen molar-refractivity contribution in [1.82, 2.24) is 10.2 Å². The molecule has 0 aromatic carbocycles. The minimum absolute atomic E-state index is 0.0797. The van der Waals surface area contributed by atoms with Crippen molar-refractivity contribution in [2.45, 2.75) is 38.7 Å². The fourth-order valence-corrected chi connectivity index (χ4v) is 1.60. The molecule has 16 heavy (non-hydrogen) atoms. The summed E-state index contributed by atoms with van der Waals surface area (Å²) in [5.41, 5.74) is 0. The van der Waals surface area contributed by atoms with Crippen molar-refractivity contribution in [3.05, 3.63) is 0 Å². The van der Waals surface area contributed by atoms with Crippen molar-refractivity contribution in [1.29, 1.82) is 0 Å². The molecule has 0 bridgehead atoms. The first kappa shape index (κ1) is 12.8. The van der Waals surface area contributed by atoms with E-state index < -0.39 is 0 Å². The summed E-state index contributed by atoms with van der Waals surface area (Å²) in [5, 5.41) is 2.83. The number of rotatable bonds is 6. The zero-order chi connectivity index (χ0) is 12.0. The third-order valence-electron chi connectivity index (χ3n) is 2.60. The van der Waals surface area contributed by atoms with Crippen LogP contribution in [0.25, 0.3) is 0 Å². The molecule has 1 N–H and O–H groups in total. The van der Waals surface area contributed by atoms with E-state index >= 15 is 0 Å². The summed E-state index contributed by atoms with van der Waals surface area (Å²) < 4.78 is 5.07. The molecule has 0 aromatic rings. The molecule has 0 aliphatic carbocycles. The standard InChI is InChI=1S/C11H20N2O3/c1-3-4-5-10(14)12-7-6-9-8-13(2)11(15)16-9/h9H,3-8H2,1-2H3,(H,12,14). The van der Waals surface area contributed by atoms with Gasteiger partial charge in [0.1, 0.15) is 6.10 Å². The molecule has 2 amide bonds. The van der Waals surface area contributed by atoms with Crippen LogP contribution in [-0.2, 0) is 9.53 Å². The zero-order valence-electron chi connectivity index (χ0n) is 9.99. The number of likely N-dealkylation sites (N-methyl/N-ethyl adjacent to an activating group) is 1. The number of carbonyl (C=O) groups excluding carboxylic acids is 2. The molecule has 0 aromatic heterocycles. The molecule has 5 heteroatoms. The SMILES string of the molecule is CCCCC(=O)NCCC1CN(C)C(=O)O1. The lowest BCUT2D eigenvalue weighted by Gasteiger charge is -2.08. The van der Waals surface area contributed by atoms with Crippen LogP contribution in [0.1, 0.15) is 32.6 Å². The first-order chi connectivity index (χ1) is 7.63. The van der Waals surface area contributed by atoms with Gasteiger partial charge < -0.3 is 15.0 Å². The van der Waals surface area contributed by atoms with Gasteiger partial charge in [-0.3, -0.25) is 4.79 Å². The molecule has 1 rings (SSSR count). The van der Waals surface area contributed by atoms with Gasteiger partial charge in [0.15, 0.2) is 0 Å². The highest BCUT2D eigenvalue weighted by Gasteiger charge is 2.27. The van der Waals surface area contributed by atoms with Crippen molar-refractivity contribution in [3.8, 4) is 0 Å². The van der Waals surface area contributed by atoms with Crippen LogP contribution in [0.15, 0.2) is 0 Å². The van der Waals surface area contributed by atoms with Crippen LogP contribution in [0.3, 0.4) is 0 Å². The first-order valence-corrected chi connectivity index (χ1v) is 5.82. The molecule has 1 aliphatic heterocycles.